The summed E-state index contributed by atoms with van der Waals surface area (Å²) in [6, 6.07) is 5.13. The number of hydrogen-bond acceptors (Lipinski definition) is 4. The van der Waals surface area contributed by atoms with Crippen molar-refractivity contribution in [1.82, 2.24) is 9.21 Å². The smallest absolute Gasteiger partial charge is 0.244 e. The molecule has 21 heavy (non-hydrogen) atoms. The number of rotatable bonds is 4. The molecule has 0 unspecified atom stereocenters. The molecule has 1 saturated heterocycles. The number of aliphatic hydroxyl groups is 1. The molecule has 9 heteroatoms. The van der Waals surface area contributed by atoms with Crippen molar-refractivity contribution in [2.75, 3.05) is 39.3 Å². The molecule has 0 aliphatic carbocycles. The Morgan fingerprint density at radius 3 is 2.33 bits per heavy atom. The fourth-order valence-electron chi connectivity index (χ4n) is 2.15. The second-order valence-corrected chi connectivity index (χ2v) is 8.22. The minimum atomic E-state index is -3.49. The third kappa shape index (κ3) is 4.63. The van der Waals surface area contributed by atoms with Gasteiger partial charge in [-0.05, 0) is 34.1 Å². The van der Waals surface area contributed by atoms with E-state index in [-0.39, 0.29) is 23.9 Å². The predicted octanol–water partition coefficient (Wildman–Crippen LogP) is 1.93. The Kier molecular flexibility index (Phi) is 7.59. The Morgan fingerprint density at radius 2 is 1.76 bits per heavy atom. The van der Waals surface area contributed by atoms with Gasteiger partial charge in [0.2, 0.25) is 10.0 Å². The summed E-state index contributed by atoms with van der Waals surface area (Å²) in [6.45, 7) is 2.87. The molecule has 1 aromatic rings. The molecule has 0 aromatic heterocycles. The van der Waals surface area contributed by atoms with Gasteiger partial charge in [-0.25, -0.2) is 8.42 Å². The molecule has 0 amide bonds. The van der Waals surface area contributed by atoms with Crippen molar-refractivity contribution in [3.63, 3.8) is 0 Å². The third-order valence-electron chi connectivity index (χ3n) is 3.26. The van der Waals surface area contributed by atoms with Crippen molar-refractivity contribution < 1.29 is 13.5 Å². The fourth-order valence-corrected chi connectivity index (χ4v) is 5.03. The molecule has 1 fully saturated rings. The lowest BCUT2D eigenvalue weighted by Gasteiger charge is -2.33. The van der Waals surface area contributed by atoms with Crippen molar-refractivity contribution in [3.05, 3.63) is 27.1 Å². The van der Waals surface area contributed by atoms with Gasteiger partial charge in [0.25, 0.3) is 0 Å². The summed E-state index contributed by atoms with van der Waals surface area (Å²) < 4.78 is 28.1. The molecule has 5 nitrogen and oxygen atoms in total. The molecule has 1 aliphatic rings. The Labute approximate surface area is 148 Å². The van der Waals surface area contributed by atoms with E-state index >= 15 is 0 Å². The normalized spacial score (nSPS) is 17.5. The highest BCUT2D eigenvalue weighted by atomic mass is 79.9. The van der Waals surface area contributed by atoms with E-state index in [1.54, 1.807) is 18.2 Å². The Bertz CT molecular complexity index is 578. The maximum Gasteiger partial charge on any atom is 0.244 e. The summed E-state index contributed by atoms with van der Waals surface area (Å²) in [7, 11) is -3.49. The minimum absolute atomic E-state index is 0. The maximum atomic E-state index is 12.6. The van der Waals surface area contributed by atoms with E-state index in [4.69, 9.17) is 5.11 Å². The lowest BCUT2D eigenvalue weighted by Crippen LogP contribution is -2.49. The van der Waals surface area contributed by atoms with Crippen LogP contribution in [0.1, 0.15) is 0 Å². The molecule has 0 radical (unpaired) electrons. The van der Waals surface area contributed by atoms with Gasteiger partial charge in [-0.3, -0.25) is 4.90 Å². The maximum absolute atomic E-state index is 12.6. The number of aliphatic hydroxyl groups excluding tert-OH is 1. The summed E-state index contributed by atoms with van der Waals surface area (Å²) >= 11 is 6.60. The zero-order valence-corrected chi connectivity index (χ0v) is 16.0. The summed E-state index contributed by atoms with van der Waals surface area (Å²) in [6.07, 6.45) is 0. The van der Waals surface area contributed by atoms with Crippen LogP contribution in [0.25, 0.3) is 0 Å². The van der Waals surface area contributed by atoms with E-state index < -0.39 is 10.0 Å². The van der Waals surface area contributed by atoms with E-state index in [1.807, 2.05) is 0 Å². The van der Waals surface area contributed by atoms with Gasteiger partial charge < -0.3 is 5.11 Å². The summed E-state index contributed by atoms with van der Waals surface area (Å²) in [5, 5.41) is 8.90. The summed E-state index contributed by atoms with van der Waals surface area (Å²) in [5.74, 6) is 0. The van der Waals surface area contributed by atoms with Crippen molar-refractivity contribution in [3.8, 4) is 0 Å². The number of hydrogen-bond donors (Lipinski definition) is 1. The first-order valence-corrected chi connectivity index (χ1v) is 9.26. The van der Waals surface area contributed by atoms with Gasteiger partial charge in [-0.1, -0.05) is 15.9 Å². The Balaban J connectivity index is 0.00000220. The van der Waals surface area contributed by atoms with Crippen LogP contribution in [-0.4, -0.2) is 62.1 Å². The monoisotopic (exact) mass is 462 g/mol. The second kappa shape index (κ2) is 8.24. The number of benzene rings is 1. The minimum Gasteiger partial charge on any atom is -0.395 e. The quantitative estimate of drug-likeness (QED) is 0.740. The van der Waals surface area contributed by atoms with E-state index in [0.717, 1.165) is 4.47 Å². The topological polar surface area (TPSA) is 60.9 Å². The van der Waals surface area contributed by atoms with Gasteiger partial charge in [-0.2, -0.15) is 4.31 Å². The zero-order valence-electron chi connectivity index (χ0n) is 11.2. The van der Waals surface area contributed by atoms with E-state index in [1.165, 1.54) is 4.31 Å². The van der Waals surface area contributed by atoms with Crippen LogP contribution in [0, 0.1) is 0 Å². The van der Waals surface area contributed by atoms with E-state index in [9.17, 15) is 8.42 Å². The largest absolute Gasteiger partial charge is 0.395 e. The lowest BCUT2D eigenvalue weighted by molar-refractivity contribution is 0.151. The highest BCUT2D eigenvalue weighted by Gasteiger charge is 2.29. The summed E-state index contributed by atoms with van der Waals surface area (Å²) in [5.41, 5.74) is 0. The van der Waals surface area contributed by atoms with Crippen LogP contribution < -0.4 is 0 Å². The predicted molar refractivity (Wildman–Crippen MR) is 91.4 cm³/mol. The molecule has 0 atom stereocenters. The number of halogens is 3. The standard InChI is InChI=1S/C12H16Br2N2O3S.ClH/c13-10-1-2-11(14)12(9-10)20(18,19)16-5-3-15(4-6-16)7-8-17;/h1-2,9,17H,3-8H2;1H. The first-order valence-electron chi connectivity index (χ1n) is 6.23. The first-order chi connectivity index (χ1) is 9.45. The van der Waals surface area contributed by atoms with Crippen molar-refractivity contribution >= 4 is 54.3 Å². The fraction of sp³-hybridized carbons (Fsp3) is 0.500. The zero-order chi connectivity index (χ0) is 14.8. The number of sulfonamides is 1. The molecule has 120 valence electrons. The van der Waals surface area contributed by atoms with E-state index in [0.29, 0.717) is 37.2 Å². The van der Waals surface area contributed by atoms with Crippen LogP contribution in [-0.2, 0) is 10.0 Å². The SMILES string of the molecule is Cl.O=S(=O)(c1cc(Br)ccc1Br)N1CCN(CCO)CC1. The van der Waals surface area contributed by atoms with Crippen molar-refractivity contribution in [1.29, 1.82) is 0 Å². The van der Waals surface area contributed by atoms with Gasteiger partial charge in [0.1, 0.15) is 0 Å². The molecule has 1 N–H and O–H groups in total. The van der Waals surface area contributed by atoms with Crippen LogP contribution in [0.4, 0.5) is 0 Å². The molecule has 0 bridgehead atoms. The second-order valence-electron chi connectivity index (χ2n) is 4.54. The van der Waals surface area contributed by atoms with E-state index in [2.05, 4.69) is 36.8 Å². The van der Waals surface area contributed by atoms with Crippen LogP contribution in [0.2, 0.25) is 0 Å². The molecular weight excluding hydrogens is 447 g/mol. The molecule has 1 heterocycles. The molecule has 2 rings (SSSR count). The Morgan fingerprint density at radius 1 is 1.14 bits per heavy atom. The van der Waals surface area contributed by atoms with Crippen LogP contribution in [0.5, 0.6) is 0 Å². The number of nitrogens with zero attached hydrogens (tertiary/aromatic N) is 2. The van der Waals surface area contributed by atoms with Gasteiger partial charge >= 0.3 is 0 Å². The molecule has 1 aliphatic heterocycles. The highest BCUT2D eigenvalue weighted by Crippen LogP contribution is 2.28. The van der Waals surface area contributed by atoms with Crippen LogP contribution in [0.3, 0.4) is 0 Å². The molecular formula is C12H17Br2ClN2O3S. The average Bonchev–Trinajstić information content (AvgIpc) is 2.42. The summed E-state index contributed by atoms with van der Waals surface area (Å²) in [4.78, 5) is 2.34. The lowest BCUT2D eigenvalue weighted by atomic mass is 10.4. The number of β-amino-alcohol motifs (C(OH)–C–C–N with tert-alkyl or cyclic N) is 1. The van der Waals surface area contributed by atoms with Gasteiger partial charge in [0.05, 0.1) is 11.5 Å². The average molecular weight is 465 g/mol. The number of piperazine rings is 1. The van der Waals surface area contributed by atoms with Crippen LogP contribution >= 0.6 is 44.3 Å². The van der Waals surface area contributed by atoms with Crippen molar-refractivity contribution in [2.45, 2.75) is 4.90 Å². The first kappa shape index (κ1) is 19.3. The van der Waals surface area contributed by atoms with Gasteiger partial charge in [0.15, 0.2) is 0 Å². The van der Waals surface area contributed by atoms with Gasteiger partial charge in [0, 0.05) is 41.7 Å². The Hall–Kier alpha value is 0.300. The molecule has 1 aromatic carbocycles. The molecule has 0 spiro atoms. The van der Waals surface area contributed by atoms with Gasteiger partial charge in [-0.15, -0.1) is 12.4 Å². The highest BCUT2D eigenvalue weighted by molar-refractivity contribution is 9.11. The van der Waals surface area contributed by atoms with Crippen LogP contribution in [0.15, 0.2) is 32.0 Å². The third-order valence-corrected chi connectivity index (χ3v) is 6.64. The molecule has 0 saturated carbocycles. The van der Waals surface area contributed by atoms with Crippen molar-refractivity contribution in [2.24, 2.45) is 0 Å².